The van der Waals surface area contributed by atoms with Gasteiger partial charge in [0.25, 0.3) is 5.91 Å². The van der Waals surface area contributed by atoms with Gasteiger partial charge in [-0.3, -0.25) is 4.79 Å². The van der Waals surface area contributed by atoms with Gasteiger partial charge in [-0.25, -0.2) is 0 Å². The van der Waals surface area contributed by atoms with Gasteiger partial charge in [0.05, 0.1) is 5.97 Å². The number of carbonyl (C=O) groups is 2. The molecule has 0 saturated carbocycles. The number of halogens is 1. The van der Waals surface area contributed by atoms with Crippen LogP contribution in [0.5, 0.6) is 0 Å². The summed E-state index contributed by atoms with van der Waals surface area (Å²) in [6, 6.07) is 18.2. The molecule has 0 unspecified atom stereocenters. The van der Waals surface area contributed by atoms with Gasteiger partial charge in [0.15, 0.2) is 0 Å². The van der Waals surface area contributed by atoms with Crippen LogP contribution in [0.3, 0.4) is 0 Å². The fraction of sp³-hybridized carbons (Fsp3) is 0. The minimum absolute atomic E-state index is 0.0136. The number of carbonyl (C=O) groups excluding carboxylic acids is 2. The van der Waals surface area contributed by atoms with Crippen LogP contribution in [0.15, 0.2) is 75.1 Å². The van der Waals surface area contributed by atoms with E-state index < -0.39 is 11.9 Å². The SMILES string of the molecule is N#C/C(=C\c1ccc(-c2ccccc2C(=O)[O-])o1)C(=O)Nc1cccc(Br)c1. The first-order valence-corrected chi connectivity index (χ1v) is 8.86. The number of furan rings is 1. The molecule has 0 aliphatic heterocycles. The van der Waals surface area contributed by atoms with Gasteiger partial charge in [-0.15, -0.1) is 0 Å². The van der Waals surface area contributed by atoms with Gasteiger partial charge in [0, 0.05) is 27.4 Å². The molecule has 0 atom stereocenters. The van der Waals surface area contributed by atoms with E-state index >= 15 is 0 Å². The Hall–Kier alpha value is -3.63. The number of rotatable bonds is 5. The third-order valence-corrected chi connectivity index (χ3v) is 4.27. The van der Waals surface area contributed by atoms with Gasteiger partial charge in [-0.1, -0.05) is 46.3 Å². The van der Waals surface area contributed by atoms with Gasteiger partial charge in [-0.2, -0.15) is 5.26 Å². The molecule has 6 nitrogen and oxygen atoms in total. The Balaban J connectivity index is 1.86. The number of nitrogens with zero attached hydrogens (tertiary/aromatic N) is 1. The standard InChI is InChI=1S/C21H13BrN2O4/c22-14-4-3-5-15(11-14)24-20(25)13(12-23)10-16-8-9-19(28-16)17-6-1-2-7-18(17)21(26)27/h1-11H,(H,24,25)(H,26,27)/p-1/b13-10+. The van der Waals surface area contributed by atoms with Gasteiger partial charge in [0.1, 0.15) is 23.2 Å². The molecule has 0 bridgehead atoms. The molecule has 0 aliphatic rings. The van der Waals surface area contributed by atoms with Crippen molar-refractivity contribution in [3.63, 3.8) is 0 Å². The molecule has 0 spiro atoms. The van der Waals surface area contributed by atoms with Crippen LogP contribution in [0.25, 0.3) is 17.4 Å². The van der Waals surface area contributed by atoms with Crippen molar-refractivity contribution in [2.75, 3.05) is 5.32 Å². The zero-order valence-electron chi connectivity index (χ0n) is 14.3. The molecule has 0 fully saturated rings. The van der Waals surface area contributed by atoms with Crippen LogP contribution in [0.4, 0.5) is 5.69 Å². The second kappa shape index (κ2) is 8.37. The highest BCUT2D eigenvalue weighted by Crippen LogP contribution is 2.26. The molecule has 138 valence electrons. The van der Waals surface area contributed by atoms with E-state index in [0.717, 1.165) is 4.47 Å². The van der Waals surface area contributed by atoms with Crippen LogP contribution < -0.4 is 10.4 Å². The number of hydrogen-bond donors (Lipinski definition) is 1. The molecule has 1 amide bonds. The van der Waals surface area contributed by atoms with Crippen molar-refractivity contribution in [3.05, 3.63) is 82.0 Å². The van der Waals surface area contributed by atoms with E-state index in [1.165, 1.54) is 12.1 Å². The summed E-state index contributed by atoms with van der Waals surface area (Å²) in [4.78, 5) is 23.6. The highest BCUT2D eigenvalue weighted by Gasteiger charge is 2.13. The Morgan fingerprint density at radius 3 is 2.61 bits per heavy atom. The van der Waals surface area contributed by atoms with Crippen LogP contribution in [0.1, 0.15) is 16.1 Å². The summed E-state index contributed by atoms with van der Waals surface area (Å²) >= 11 is 3.31. The lowest BCUT2D eigenvalue weighted by Crippen LogP contribution is -2.22. The monoisotopic (exact) mass is 435 g/mol. The molecule has 1 heterocycles. The molecule has 0 aliphatic carbocycles. The summed E-state index contributed by atoms with van der Waals surface area (Å²) in [5.41, 5.74) is 0.706. The van der Waals surface area contributed by atoms with Crippen molar-refractivity contribution in [1.29, 1.82) is 5.26 Å². The van der Waals surface area contributed by atoms with E-state index in [9.17, 15) is 20.0 Å². The van der Waals surface area contributed by atoms with Gasteiger partial charge in [-0.05, 0) is 30.3 Å². The highest BCUT2D eigenvalue weighted by molar-refractivity contribution is 9.10. The fourth-order valence-corrected chi connectivity index (χ4v) is 2.91. The largest absolute Gasteiger partial charge is 0.545 e. The zero-order chi connectivity index (χ0) is 20.1. The molecule has 2 aromatic carbocycles. The van der Waals surface area contributed by atoms with E-state index in [2.05, 4.69) is 21.2 Å². The third-order valence-electron chi connectivity index (χ3n) is 3.77. The minimum Gasteiger partial charge on any atom is -0.545 e. The lowest BCUT2D eigenvalue weighted by Gasteiger charge is -2.07. The number of aromatic carboxylic acids is 1. The Morgan fingerprint density at radius 2 is 1.89 bits per heavy atom. The predicted molar refractivity (Wildman–Crippen MR) is 105 cm³/mol. The molecule has 0 saturated heterocycles. The topological polar surface area (TPSA) is 106 Å². The Labute approximate surface area is 168 Å². The van der Waals surface area contributed by atoms with E-state index in [4.69, 9.17) is 4.42 Å². The van der Waals surface area contributed by atoms with E-state index in [-0.39, 0.29) is 22.7 Å². The molecule has 7 heteroatoms. The van der Waals surface area contributed by atoms with Crippen LogP contribution in [-0.2, 0) is 4.79 Å². The van der Waals surface area contributed by atoms with Crippen molar-refractivity contribution in [3.8, 4) is 17.4 Å². The van der Waals surface area contributed by atoms with Crippen molar-refractivity contribution >= 4 is 39.6 Å². The highest BCUT2D eigenvalue weighted by atomic mass is 79.9. The maximum atomic E-state index is 12.3. The summed E-state index contributed by atoms with van der Waals surface area (Å²) in [7, 11) is 0. The fourth-order valence-electron chi connectivity index (χ4n) is 2.51. The number of carboxylic acid groups (broad SMARTS) is 1. The lowest BCUT2D eigenvalue weighted by atomic mass is 10.1. The summed E-state index contributed by atoms with van der Waals surface area (Å²) in [5.74, 6) is -1.39. The normalized spacial score (nSPS) is 10.9. The lowest BCUT2D eigenvalue weighted by molar-refractivity contribution is -0.254. The van der Waals surface area contributed by atoms with Crippen LogP contribution in [-0.4, -0.2) is 11.9 Å². The number of benzene rings is 2. The van der Waals surface area contributed by atoms with Crippen molar-refractivity contribution in [1.82, 2.24) is 0 Å². The average Bonchev–Trinajstić information content (AvgIpc) is 3.14. The molecule has 1 aromatic heterocycles. The number of nitrogens with one attached hydrogen (secondary N) is 1. The number of anilines is 1. The van der Waals surface area contributed by atoms with Crippen molar-refractivity contribution in [2.45, 2.75) is 0 Å². The summed E-state index contributed by atoms with van der Waals surface area (Å²) in [5, 5.41) is 23.2. The number of amides is 1. The first-order chi connectivity index (χ1) is 13.5. The molecule has 3 aromatic rings. The summed E-state index contributed by atoms with van der Waals surface area (Å²) in [6.07, 6.45) is 1.29. The third kappa shape index (κ3) is 4.37. The average molecular weight is 436 g/mol. The van der Waals surface area contributed by atoms with Crippen molar-refractivity contribution in [2.24, 2.45) is 0 Å². The van der Waals surface area contributed by atoms with Crippen LogP contribution >= 0.6 is 15.9 Å². The van der Waals surface area contributed by atoms with E-state index in [1.54, 1.807) is 48.5 Å². The number of hydrogen-bond acceptors (Lipinski definition) is 5. The van der Waals surface area contributed by atoms with E-state index in [0.29, 0.717) is 11.3 Å². The molecule has 0 radical (unpaired) electrons. The Kier molecular flexibility index (Phi) is 5.72. The first-order valence-electron chi connectivity index (χ1n) is 8.07. The molecule has 3 rings (SSSR count). The second-order valence-corrected chi connectivity index (χ2v) is 6.59. The maximum absolute atomic E-state index is 12.3. The van der Waals surface area contributed by atoms with E-state index in [1.807, 2.05) is 12.1 Å². The second-order valence-electron chi connectivity index (χ2n) is 5.67. The van der Waals surface area contributed by atoms with Gasteiger partial charge in [0.2, 0.25) is 0 Å². The molecular weight excluding hydrogens is 424 g/mol. The number of nitriles is 1. The predicted octanol–water partition coefficient (Wildman–Crippen LogP) is 3.62. The Bertz CT molecular complexity index is 1130. The minimum atomic E-state index is -1.32. The Morgan fingerprint density at radius 1 is 1.11 bits per heavy atom. The number of carboxylic acids is 1. The van der Waals surface area contributed by atoms with Gasteiger partial charge >= 0.3 is 0 Å². The van der Waals surface area contributed by atoms with Crippen LogP contribution in [0, 0.1) is 11.3 Å². The molecule has 28 heavy (non-hydrogen) atoms. The summed E-state index contributed by atoms with van der Waals surface area (Å²) in [6.45, 7) is 0. The smallest absolute Gasteiger partial charge is 0.266 e. The van der Waals surface area contributed by atoms with Gasteiger partial charge < -0.3 is 19.6 Å². The first kappa shape index (κ1) is 19.1. The maximum Gasteiger partial charge on any atom is 0.266 e. The van der Waals surface area contributed by atoms with Crippen molar-refractivity contribution < 1.29 is 19.1 Å². The zero-order valence-corrected chi connectivity index (χ0v) is 15.9. The molecular formula is C21H12BrN2O4-. The van der Waals surface area contributed by atoms with Crippen LogP contribution in [0.2, 0.25) is 0 Å². The quantitative estimate of drug-likeness (QED) is 0.486. The molecule has 1 N–H and O–H groups in total. The summed E-state index contributed by atoms with van der Waals surface area (Å²) < 4.78 is 6.39.